The molecule has 2 aliphatic rings. The average molecular weight is 442 g/mol. The molecule has 32 heavy (non-hydrogen) atoms. The molecular weight excluding hydrogens is 394 g/mol. The summed E-state index contributed by atoms with van der Waals surface area (Å²) in [5.74, 6) is 2.42. The zero-order valence-electron chi connectivity index (χ0n) is 21.4. The summed E-state index contributed by atoms with van der Waals surface area (Å²) < 4.78 is 5.55. The number of aryl methyl sites for hydroxylation is 1. The van der Waals surface area contributed by atoms with Crippen LogP contribution in [0.3, 0.4) is 0 Å². The highest BCUT2D eigenvalue weighted by Crippen LogP contribution is 2.36. The third-order valence-electron chi connectivity index (χ3n) is 6.26. The van der Waals surface area contributed by atoms with Crippen LogP contribution in [0.15, 0.2) is 42.5 Å². The summed E-state index contributed by atoms with van der Waals surface area (Å²) in [6, 6.07) is 16.3. The molecule has 0 aromatic heterocycles. The van der Waals surface area contributed by atoms with E-state index in [2.05, 4.69) is 42.5 Å². The summed E-state index contributed by atoms with van der Waals surface area (Å²) in [6.07, 6.45) is 8.53. The number of ether oxygens (including phenoxy) is 1. The Morgan fingerprint density at radius 1 is 0.906 bits per heavy atom. The summed E-state index contributed by atoms with van der Waals surface area (Å²) in [7, 11) is 1.00. The first-order valence-electron chi connectivity index (χ1n) is 12.7. The predicted molar refractivity (Wildman–Crippen MR) is 139 cm³/mol. The van der Waals surface area contributed by atoms with Crippen LogP contribution < -0.4 is 10.5 Å². The summed E-state index contributed by atoms with van der Waals surface area (Å²) in [6.45, 7) is 10.8. The fraction of sp³-hybridized carbons (Fsp3) is 0.586. The Balaban J connectivity index is 0.000000789. The summed E-state index contributed by atoms with van der Waals surface area (Å²) in [5, 5.41) is 7.00. The van der Waals surface area contributed by atoms with E-state index in [1.807, 2.05) is 34.6 Å². The van der Waals surface area contributed by atoms with Crippen molar-refractivity contribution < 1.29 is 9.84 Å². The van der Waals surface area contributed by atoms with Crippen molar-refractivity contribution in [2.75, 3.05) is 13.7 Å². The van der Waals surface area contributed by atoms with Crippen LogP contribution >= 0.6 is 0 Å². The molecule has 0 heterocycles. The van der Waals surface area contributed by atoms with Gasteiger partial charge in [0.25, 0.3) is 0 Å². The molecule has 3 atom stereocenters. The van der Waals surface area contributed by atoms with Crippen molar-refractivity contribution in [3.63, 3.8) is 0 Å². The van der Waals surface area contributed by atoms with Crippen molar-refractivity contribution in [1.29, 1.82) is 0 Å². The molecule has 0 spiro atoms. The highest BCUT2D eigenvalue weighted by atomic mass is 16.5. The molecule has 0 saturated heterocycles. The Labute approximate surface area is 197 Å². The lowest BCUT2D eigenvalue weighted by Crippen LogP contribution is -2.17. The third kappa shape index (κ3) is 8.26. The van der Waals surface area contributed by atoms with Gasteiger partial charge in [0.15, 0.2) is 0 Å². The number of aliphatic hydroxyl groups excluding tert-OH is 1. The number of hydrogen-bond acceptors (Lipinski definition) is 3. The van der Waals surface area contributed by atoms with Crippen molar-refractivity contribution in [1.82, 2.24) is 0 Å². The number of hydrogen-bond donors (Lipinski definition) is 2. The van der Waals surface area contributed by atoms with Gasteiger partial charge in [-0.3, -0.25) is 0 Å². The first-order valence-corrected chi connectivity index (χ1v) is 12.7. The van der Waals surface area contributed by atoms with Crippen LogP contribution in [-0.2, 0) is 19.3 Å². The van der Waals surface area contributed by atoms with E-state index in [1.54, 1.807) is 11.1 Å². The minimum Gasteiger partial charge on any atom is -0.494 e. The fourth-order valence-electron chi connectivity index (χ4n) is 4.82. The Hall–Kier alpha value is -1.84. The van der Waals surface area contributed by atoms with Gasteiger partial charge in [-0.05, 0) is 98.1 Å². The molecule has 1 fully saturated rings. The topological polar surface area (TPSA) is 55.5 Å². The molecule has 3 heteroatoms. The zero-order chi connectivity index (χ0) is 23.9. The van der Waals surface area contributed by atoms with Gasteiger partial charge in [0.1, 0.15) is 5.75 Å². The SMILES string of the molecule is CC.CC.CCOc1ccc(C[C@H]2CCc3cc(C4CC[C@@H](N)C4)ccc3C2)cc1.CO. The molecule has 3 nitrogen and oxygen atoms in total. The first-order chi connectivity index (χ1) is 15.7. The fourth-order valence-corrected chi connectivity index (χ4v) is 4.82. The lowest BCUT2D eigenvalue weighted by atomic mass is 9.79. The number of nitrogens with two attached hydrogens (primary N) is 1. The van der Waals surface area contributed by atoms with E-state index in [1.165, 1.54) is 56.1 Å². The Morgan fingerprint density at radius 3 is 2.19 bits per heavy atom. The van der Waals surface area contributed by atoms with Gasteiger partial charge in [-0.1, -0.05) is 58.0 Å². The van der Waals surface area contributed by atoms with Gasteiger partial charge in [0, 0.05) is 13.2 Å². The van der Waals surface area contributed by atoms with Gasteiger partial charge < -0.3 is 15.6 Å². The number of aliphatic hydroxyl groups is 1. The summed E-state index contributed by atoms with van der Waals surface area (Å²) in [5.41, 5.74) is 12.2. The molecule has 180 valence electrons. The number of benzene rings is 2. The average Bonchev–Trinajstić information content (AvgIpc) is 3.30. The zero-order valence-corrected chi connectivity index (χ0v) is 21.4. The van der Waals surface area contributed by atoms with Crippen molar-refractivity contribution >= 4 is 0 Å². The van der Waals surface area contributed by atoms with Crippen LogP contribution in [0.5, 0.6) is 5.75 Å². The van der Waals surface area contributed by atoms with Crippen molar-refractivity contribution in [2.45, 2.75) is 91.5 Å². The lowest BCUT2D eigenvalue weighted by molar-refractivity contribution is 0.340. The molecule has 2 aliphatic carbocycles. The second kappa shape index (κ2) is 15.9. The van der Waals surface area contributed by atoms with Gasteiger partial charge in [-0.15, -0.1) is 0 Å². The van der Waals surface area contributed by atoms with Gasteiger partial charge >= 0.3 is 0 Å². The molecule has 0 bridgehead atoms. The van der Waals surface area contributed by atoms with E-state index in [-0.39, 0.29) is 0 Å². The molecule has 2 aromatic carbocycles. The molecule has 1 saturated carbocycles. The van der Waals surface area contributed by atoms with Gasteiger partial charge in [0.05, 0.1) is 6.61 Å². The standard InChI is InChI=1S/C24H31NO.2C2H6.CH4O/c1-2-26-24-11-4-17(5-12-24)13-18-3-6-20-15-21(8-7-19(20)14-18)22-9-10-23(25)16-22;3*1-2/h4-5,7-8,11-12,15,18,22-23H,2-3,6,9-10,13-14,16,25H2,1H3;2*1-2H3;2H,1H3/t18-,22?,23-;;;/m1.../s1. The molecule has 2 aromatic rings. The Morgan fingerprint density at radius 2 is 1.59 bits per heavy atom. The summed E-state index contributed by atoms with van der Waals surface area (Å²) in [4.78, 5) is 0. The molecule has 4 rings (SSSR count). The minimum atomic E-state index is 0.412. The number of rotatable bonds is 5. The Bertz CT molecular complexity index is 741. The van der Waals surface area contributed by atoms with Crippen LogP contribution in [-0.4, -0.2) is 24.9 Å². The van der Waals surface area contributed by atoms with Crippen LogP contribution in [0.25, 0.3) is 0 Å². The van der Waals surface area contributed by atoms with Gasteiger partial charge in [-0.2, -0.15) is 0 Å². The van der Waals surface area contributed by atoms with E-state index >= 15 is 0 Å². The highest BCUT2D eigenvalue weighted by molar-refractivity contribution is 5.37. The molecule has 3 N–H and O–H groups in total. The van der Waals surface area contributed by atoms with Crippen LogP contribution in [0, 0.1) is 5.92 Å². The summed E-state index contributed by atoms with van der Waals surface area (Å²) >= 11 is 0. The van der Waals surface area contributed by atoms with Crippen LogP contribution in [0.4, 0.5) is 0 Å². The van der Waals surface area contributed by atoms with E-state index in [4.69, 9.17) is 15.6 Å². The highest BCUT2D eigenvalue weighted by Gasteiger charge is 2.25. The van der Waals surface area contributed by atoms with Gasteiger partial charge in [-0.25, -0.2) is 0 Å². The maximum absolute atomic E-state index is 7.00. The quantitative estimate of drug-likeness (QED) is 0.543. The first kappa shape index (κ1) is 28.2. The molecule has 0 radical (unpaired) electrons. The van der Waals surface area contributed by atoms with Gasteiger partial charge in [0.2, 0.25) is 0 Å². The monoisotopic (exact) mass is 441 g/mol. The van der Waals surface area contributed by atoms with Crippen LogP contribution in [0.1, 0.15) is 88.5 Å². The second-order valence-corrected chi connectivity index (χ2v) is 8.19. The Kier molecular flexibility index (Phi) is 14.0. The molecule has 0 amide bonds. The number of fused-ring (bicyclic) bond motifs is 1. The van der Waals surface area contributed by atoms with Crippen molar-refractivity contribution in [2.24, 2.45) is 11.7 Å². The second-order valence-electron chi connectivity index (χ2n) is 8.19. The maximum Gasteiger partial charge on any atom is 0.119 e. The van der Waals surface area contributed by atoms with E-state index in [0.29, 0.717) is 12.0 Å². The largest absolute Gasteiger partial charge is 0.494 e. The van der Waals surface area contributed by atoms with Crippen molar-refractivity contribution in [3.8, 4) is 5.75 Å². The van der Waals surface area contributed by atoms with Crippen molar-refractivity contribution in [3.05, 3.63) is 64.7 Å². The van der Waals surface area contributed by atoms with E-state index in [0.717, 1.165) is 25.4 Å². The van der Waals surface area contributed by atoms with Crippen LogP contribution in [0.2, 0.25) is 0 Å². The normalized spacial score (nSPS) is 20.9. The third-order valence-corrected chi connectivity index (χ3v) is 6.26. The van der Waals surface area contributed by atoms with E-state index in [9.17, 15) is 0 Å². The van der Waals surface area contributed by atoms with E-state index < -0.39 is 0 Å². The predicted octanol–water partition coefficient (Wildman–Crippen LogP) is 6.69. The maximum atomic E-state index is 7.00. The minimum absolute atomic E-state index is 0.412. The smallest absolute Gasteiger partial charge is 0.119 e. The lowest BCUT2D eigenvalue weighted by Gasteiger charge is -2.26. The molecule has 1 unspecified atom stereocenters. The molecular formula is C29H47NO2. The molecule has 0 aliphatic heterocycles.